The Balaban J connectivity index is 1.42. The van der Waals surface area contributed by atoms with Gasteiger partial charge in [-0.3, -0.25) is 9.59 Å². The van der Waals surface area contributed by atoms with Crippen molar-refractivity contribution in [3.05, 3.63) is 124 Å². The fraction of sp³-hybridized carbons (Fsp3) is 0.250. The van der Waals surface area contributed by atoms with Crippen LogP contribution in [0.25, 0.3) is 0 Å². The average Bonchev–Trinajstić information content (AvgIpc) is 2.96. The minimum atomic E-state index is -1.06. The predicted octanol–water partition coefficient (Wildman–Crippen LogP) is 5.44. The van der Waals surface area contributed by atoms with Gasteiger partial charge in [0.1, 0.15) is 6.54 Å². The third-order valence-corrected chi connectivity index (χ3v) is 7.34. The number of fused-ring (bicyclic) bond motifs is 1. The van der Waals surface area contributed by atoms with Gasteiger partial charge in [0.25, 0.3) is 5.91 Å². The number of hydrogen-bond acceptors (Lipinski definition) is 5. The van der Waals surface area contributed by atoms with Crippen LogP contribution in [0.2, 0.25) is 5.02 Å². The van der Waals surface area contributed by atoms with Gasteiger partial charge in [-0.1, -0.05) is 78.3 Å². The van der Waals surface area contributed by atoms with Crippen molar-refractivity contribution in [3.8, 4) is 0 Å². The molecule has 5 rings (SSSR count). The van der Waals surface area contributed by atoms with Crippen molar-refractivity contribution >= 4 is 29.4 Å². The molecule has 204 valence electrons. The lowest BCUT2D eigenvalue weighted by atomic mass is 10.0. The molecule has 4 aromatic rings. The number of carboxylic acids is 1. The molecule has 0 saturated heterocycles. The third kappa shape index (κ3) is 6.85. The SMILES string of the molecule is O=C(O)CN(CCCc1ccccc1)C(=O)c1cnc(N2CCc3ccccc3C2)nc1Cc1cccc(Cl)c1. The fourth-order valence-electron chi connectivity index (χ4n) is 5.08. The molecule has 1 N–H and O–H groups in total. The average molecular weight is 555 g/mol. The number of carbonyl (C=O) groups is 2. The topological polar surface area (TPSA) is 86.6 Å². The summed E-state index contributed by atoms with van der Waals surface area (Å²) in [5.41, 5.74) is 5.47. The van der Waals surface area contributed by atoms with Crippen LogP contribution in [0.15, 0.2) is 85.1 Å². The molecule has 0 aliphatic carbocycles. The Morgan fingerprint density at radius 3 is 2.48 bits per heavy atom. The Bertz CT molecular complexity index is 1490. The van der Waals surface area contributed by atoms with Crippen molar-refractivity contribution in [2.45, 2.75) is 32.2 Å². The Hall–Kier alpha value is -4.23. The largest absolute Gasteiger partial charge is 0.480 e. The maximum Gasteiger partial charge on any atom is 0.323 e. The quantitative estimate of drug-likeness (QED) is 0.281. The number of halogens is 1. The molecule has 1 amide bonds. The zero-order chi connectivity index (χ0) is 27.9. The van der Waals surface area contributed by atoms with Gasteiger partial charge in [0.05, 0.1) is 11.3 Å². The lowest BCUT2D eigenvalue weighted by Crippen LogP contribution is -2.38. The Labute approximate surface area is 239 Å². The molecule has 3 aromatic carbocycles. The van der Waals surface area contributed by atoms with Gasteiger partial charge in [0, 0.05) is 37.3 Å². The summed E-state index contributed by atoms with van der Waals surface area (Å²) in [6, 6.07) is 25.7. The van der Waals surface area contributed by atoms with Gasteiger partial charge < -0.3 is 14.9 Å². The van der Waals surface area contributed by atoms with Crippen molar-refractivity contribution in [2.75, 3.05) is 24.5 Å². The Morgan fingerprint density at radius 1 is 0.950 bits per heavy atom. The van der Waals surface area contributed by atoms with E-state index in [1.54, 1.807) is 12.3 Å². The van der Waals surface area contributed by atoms with E-state index in [0.29, 0.717) is 48.2 Å². The molecule has 2 heterocycles. The van der Waals surface area contributed by atoms with Gasteiger partial charge in [-0.25, -0.2) is 9.97 Å². The highest BCUT2D eigenvalue weighted by Gasteiger charge is 2.25. The summed E-state index contributed by atoms with van der Waals surface area (Å²) in [6.07, 6.45) is 4.19. The van der Waals surface area contributed by atoms with Crippen LogP contribution in [-0.2, 0) is 30.6 Å². The minimum absolute atomic E-state index is 0.307. The molecule has 0 unspecified atom stereocenters. The number of rotatable bonds is 10. The van der Waals surface area contributed by atoms with Crippen LogP contribution in [0.5, 0.6) is 0 Å². The Morgan fingerprint density at radius 2 is 1.70 bits per heavy atom. The van der Waals surface area contributed by atoms with Crippen LogP contribution >= 0.6 is 11.6 Å². The molecule has 1 aliphatic rings. The number of carbonyl (C=O) groups excluding carboxylic acids is 1. The van der Waals surface area contributed by atoms with Gasteiger partial charge in [-0.05, 0) is 53.6 Å². The first-order chi connectivity index (χ1) is 19.5. The van der Waals surface area contributed by atoms with E-state index >= 15 is 0 Å². The van der Waals surface area contributed by atoms with Gasteiger partial charge >= 0.3 is 5.97 Å². The first kappa shape index (κ1) is 27.3. The van der Waals surface area contributed by atoms with Crippen LogP contribution in [0.4, 0.5) is 5.95 Å². The summed E-state index contributed by atoms with van der Waals surface area (Å²) in [5, 5.41) is 10.2. The van der Waals surface area contributed by atoms with Crippen LogP contribution in [0, 0.1) is 0 Å². The molecule has 0 radical (unpaired) electrons. The molecular formula is C32H31ClN4O3. The van der Waals surface area contributed by atoms with E-state index in [1.807, 2.05) is 54.6 Å². The van der Waals surface area contributed by atoms with Gasteiger partial charge in [-0.2, -0.15) is 0 Å². The first-order valence-electron chi connectivity index (χ1n) is 13.4. The maximum absolute atomic E-state index is 13.8. The van der Waals surface area contributed by atoms with Crippen molar-refractivity contribution in [1.29, 1.82) is 0 Å². The normalized spacial score (nSPS) is 12.6. The van der Waals surface area contributed by atoms with E-state index in [9.17, 15) is 14.7 Å². The number of aromatic nitrogens is 2. The summed E-state index contributed by atoms with van der Waals surface area (Å²) in [7, 11) is 0. The van der Waals surface area contributed by atoms with Crippen molar-refractivity contribution in [1.82, 2.24) is 14.9 Å². The molecule has 0 spiro atoms. The van der Waals surface area contributed by atoms with E-state index in [0.717, 1.165) is 30.5 Å². The number of amides is 1. The molecule has 40 heavy (non-hydrogen) atoms. The van der Waals surface area contributed by atoms with E-state index < -0.39 is 12.5 Å². The number of nitrogens with zero attached hydrogens (tertiary/aromatic N) is 4. The number of benzene rings is 3. The number of carboxylic acid groups (broad SMARTS) is 1. The zero-order valence-electron chi connectivity index (χ0n) is 22.2. The second kappa shape index (κ2) is 12.7. The molecule has 7 nitrogen and oxygen atoms in total. The molecule has 0 fully saturated rings. The summed E-state index contributed by atoms with van der Waals surface area (Å²) < 4.78 is 0. The monoisotopic (exact) mass is 554 g/mol. The van der Waals surface area contributed by atoms with E-state index in [4.69, 9.17) is 16.6 Å². The summed E-state index contributed by atoms with van der Waals surface area (Å²) in [5.74, 6) is -0.894. The highest BCUT2D eigenvalue weighted by Crippen LogP contribution is 2.24. The third-order valence-electron chi connectivity index (χ3n) is 7.11. The van der Waals surface area contributed by atoms with Gasteiger partial charge in [-0.15, -0.1) is 0 Å². The number of aliphatic carboxylic acids is 1. The summed E-state index contributed by atoms with van der Waals surface area (Å²) in [4.78, 5) is 38.5. The molecule has 0 bridgehead atoms. The van der Waals surface area contributed by atoms with Gasteiger partial charge in [0.2, 0.25) is 5.95 Å². The predicted molar refractivity (Wildman–Crippen MR) is 156 cm³/mol. The first-order valence-corrected chi connectivity index (χ1v) is 13.8. The highest BCUT2D eigenvalue weighted by molar-refractivity contribution is 6.30. The second-order valence-corrected chi connectivity index (χ2v) is 10.4. The summed E-state index contributed by atoms with van der Waals surface area (Å²) >= 11 is 6.25. The van der Waals surface area contributed by atoms with Crippen molar-refractivity contribution in [3.63, 3.8) is 0 Å². The lowest BCUT2D eigenvalue weighted by molar-refractivity contribution is -0.137. The zero-order valence-corrected chi connectivity index (χ0v) is 22.9. The van der Waals surface area contributed by atoms with E-state index in [1.165, 1.54) is 16.0 Å². The van der Waals surface area contributed by atoms with E-state index in [-0.39, 0.29) is 5.91 Å². The number of aryl methyl sites for hydroxylation is 1. The van der Waals surface area contributed by atoms with E-state index in [2.05, 4.69) is 28.1 Å². The molecule has 8 heteroatoms. The molecule has 1 aliphatic heterocycles. The van der Waals surface area contributed by atoms with Crippen LogP contribution < -0.4 is 4.90 Å². The number of hydrogen-bond donors (Lipinski definition) is 1. The van der Waals surface area contributed by atoms with Crippen molar-refractivity contribution in [2.24, 2.45) is 0 Å². The fourth-order valence-corrected chi connectivity index (χ4v) is 5.30. The standard InChI is InChI=1S/C32H31ClN4O3/c33-27-14-6-10-24(18-27)19-29-28(20-34-32(35-29)37-17-15-25-12-4-5-13-26(25)21-37)31(40)36(22-30(38)39)16-7-11-23-8-2-1-3-9-23/h1-6,8-10,12-14,18,20H,7,11,15-17,19,21-22H2,(H,38,39). The number of anilines is 1. The minimum Gasteiger partial charge on any atom is -0.480 e. The molecule has 0 saturated carbocycles. The smallest absolute Gasteiger partial charge is 0.323 e. The Kier molecular flexibility index (Phi) is 8.71. The molecule has 0 atom stereocenters. The van der Waals surface area contributed by atoms with Crippen LogP contribution in [-0.4, -0.2) is 51.5 Å². The van der Waals surface area contributed by atoms with Crippen molar-refractivity contribution < 1.29 is 14.7 Å². The molecule has 1 aromatic heterocycles. The lowest BCUT2D eigenvalue weighted by Gasteiger charge is -2.29. The highest BCUT2D eigenvalue weighted by atomic mass is 35.5. The molecular weight excluding hydrogens is 524 g/mol. The summed E-state index contributed by atoms with van der Waals surface area (Å²) in [6.45, 7) is 1.37. The van der Waals surface area contributed by atoms with Crippen LogP contribution in [0.3, 0.4) is 0 Å². The van der Waals surface area contributed by atoms with Gasteiger partial charge in [0.15, 0.2) is 0 Å². The maximum atomic E-state index is 13.8. The van der Waals surface area contributed by atoms with Crippen LogP contribution in [0.1, 0.15) is 44.7 Å². The second-order valence-electron chi connectivity index (χ2n) is 9.99.